The summed E-state index contributed by atoms with van der Waals surface area (Å²) in [6, 6.07) is 11.6. The van der Waals surface area contributed by atoms with Crippen molar-refractivity contribution < 1.29 is 5.21 Å². The minimum Gasteiger partial charge on any atom is -0.409 e. The molecule has 4 N–H and O–H groups in total. The highest BCUT2D eigenvalue weighted by atomic mass is 16.4. The van der Waals surface area contributed by atoms with Gasteiger partial charge in [0, 0.05) is 24.5 Å². The van der Waals surface area contributed by atoms with Crippen LogP contribution in [-0.2, 0) is 13.0 Å². The van der Waals surface area contributed by atoms with Crippen LogP contribution in [0.25, 0.3) is 0 Å². The maximum Gasteiger partial charge on any atom is 0.170 e. The molecule has 5 heteroatoms. The molecular formula is C15H18N4O. The summed E-state index contributed by atoms with van der Waals surface area (Å²) >= 11 is 0. The number of aromatic nitrogens is 1. The van der Waals surface area contributed by atoms with Gasteiger partial charge in [0.1, 0.15) is 0 Å². The smallest absolute Gasteiger partial charge is 0.170 e. The molecule has 0 amide bonds. The van der Waals surface area contributed by atoms with Gasteiger partial charge in [-0.3, -0.25) is 4.98 Å². The van der Waals surface area contributed by atoms with Crippen molar-refractivity contribution >= 4 is 5.84 Å². The van der Waals surface area contributed by atoms with Crippen LogP contribution < -0.4 is 11.1 Å². The van der Waals surface area contributed by atoms with E-state index >= 15 is 0 Å². The van der Waals surface area contributed by atoms with E-state index in [2.05, 4.69) is 21.5 Å². The molecule has 104 valence electrons. The van der Waals surface area contributed by atoms with E-state index in [1.165, 1.54) is 5.56 Å². The van der Waals surface area contributed by atoms with Crippen LogP contribution in [-0.4, -0.2) is 22.6 Å². The van der Waals surface area contributed by atoms with Crippen molar-refractivity contribution in [2.75, 3.05) is 6.54 Å². The Balaban J connectivity index is 1.77. The molecule has 2 rings (SSSR count). The van der Waals surface area contributed by atoms with E-state index in [0.29, 0.717) is 5.56 Å². The molecule has 0 bridgehead atoms. The van der Waals surface area contributed by atoms with Gasteiger partial charge in [-0.2, -0.15) is 0 Å². The molecule has 0 fully saturated rings. The van der Waals surface area contributed by atoms with E-state index in [9.17, 15) is 0 Å². The fraction of sp³-hybridized carbons (Fsp3) is 0.200. The lowest BCUT2D eigenvalue weighted by Gasteiger charge is -2.06. The Morgan fingerprint density at radius 3 is 2.65 bits per heavy atom. The first kappa shape index (κ1) is 14.0. The van der Waals surface area contributed by atoms with Crippen molar-refractivity contribution in [3.8, 4) is 0 Å². The minimum atomic E-state index is 0.126. The first-order chi connectivity index (χ1) is 9.79. The predicted octanol–water partition coefficient (Wildman–Crippen LogP) is 1.51. The Bertz CT molecular complexity index is 552. The molecule has 5 nitrogen and oxygen atoms in total. The summed E-state index contributed by atoms with van der Waals surface area (Å²) in [5, 5.41) is 14.9. The van der Waals surface area contributed by atoms with Crippen LogP contribution in [0.1, 0.15) is 16.7 Å². The summed E-state index contributed by atoms with van der Waals surface area (Å²) < 4.78 is 0. The van der Waals surface area contributed by atoms with Crippen LogP contribution in [0.15, 0.2) is 53.9 Å². The largest absolute Gasteiger partial charge is 0.409 e. The van der Waals surface area contributed by atoms with Crippen molar-refractivity contribution in [3.63, 3.8) is 0 Å². The number of oxime groups is 1. The van der Waals surface area contributed by atoms with E-state index in [-0.39, 0.29) is 5.84 Å². The van der Waals surface area contributed by atoms with Crippen LogP contribution in [0.3, 0.4) is 0 Å². The van der Waals surface area contributed by atoms with Gasteiger partial charge in [0.15, 0.2) is 5.84 Å². The topological polar surface area (TPSA) is 83.5 Å². The van der Waals surface area contributed by atoms with Gasteiger partial charge in [-0.15, -0.1) is 0 Å². The van der Waals surface area contributed by atoms with Gasteiger partial charge in [0.05, 0.1) is 0 Å². The van der Waals surface area contributed by atoms with Crippen molar-refractivity contribution in [1.29, 1.82) is 0 Å². The summed E-state index contributed by atoms with van der Waals surface area (Å²) in [5.41, 5.74) is 8.61. The Morgan fingerprint density at radius 1 is 1.20 bits per heavy atom. The predicted molar refractivity (Wildman–Crippen MR) is 78.6 cm³/mol. The molecule has 0 radical (unpaired) electrons. The highest BCUT2D eigenvalue weighted by Crippen LogP contribution is 2.04. The van der Waals surface area contributed by atoms with Crippen LogP contribution in [0, 0.1) is 0 Å². The monoisotopic (exact) mass is 270 g/mol. The minimum absolute atomic E-state index is 0.126. The van der Waals surface area contributed by atoms with Crippen LogP contribution in [0.5, 0.6) is 0 Å². The van der Waals surface area contributed by atoms with Crippen molar-refractivity contribution in [3.05, 3.63) is 65.5 Å². The van der Waals surface area contributed by atoms with Crippen LogP contribution in [0.2, 0.25) is 0 Å². The lowest BCUT2D eigenvalue weighted by atomic mass is 10.1. The standard InChI is InChI=1S/C15H18N4O/c16-15(19-20)14-5-3-13(4-6-14)11-18-9-7-12-2-1-8-17-10-12/h1-6,8,10,18,20H,7,9,11H2,(H2,16,19). The number of nitrogens with zero attached hydrogens (tertiary/aromatic N) is 2. The van der Waals surface area contributed by atoms with E-state index in [1.54, 1.807) is 6.20 Å². The second kappa shape index (κ2) is 7.25. The molecule has 0 aliphatic rings. The number of hydrogen-bond donors (Lipinski definition) is 3. The summed E-state index contributed by atoms with van der Waals surface area (Å²) in [6.07, 6.45) is 4.61. The molecule has 0 unspecified atom stereocenters. The molecule has 0 spiro atoms. The number of benzene rings is 1. The zero-order chi connectivity index (χ0) is 14.2. The van der Waals surface area contributed by atoms with E-state index in [0.717, 1.165) is 25.1 Å². The molecule has 0 atom stereocenters. The van der Waals surface area contributed by atoms with E-state index in [4.69, 9.17) is 10.9 Å². The molecular weight excluding hydrogens is 252 g/mol. The molecule has 0 aliphatic heterocycles. The molecule has 1 aromatic carbocycles. The van der Waals surface area contributed by atoms with Crippen LogP contribution in [0.4, 0.5) is 0 Å². The third kappa shape index (κ3) is 4.07. The van der Waals surface area contributed by atoms with Gasteiger partial charge in [-0.1, -0.05) is 35.5 Å². The molecule has 1 aromatic heterocycles. The van der Waals surface area contributed by atoms with Crippen LogP contribution >= 0.6 is 0 Å². The molecule has 0 saturated heterocycles. The van der Waals surface area contributed by atoms with E-state index in [1.807, 2.05) is 36.5 Å². The van der Waals surface area contributed by atoms with Gasteiger partial charge in [-0.25, -0.2) is 0 Å². The SMILES string of the molecule is NC(=NO)c1ccc(CNCCc2cccnc2)cc1. The third-order valence-electron chi connectivity index (χ3n) is 3.00. The average Bonchev–Trinajstić information content (AvgIpc) is 2.52. The van der Waals surface area contributed by atoms with Gasteiger partial charge in [0.25, 0.3) is 0 Å². The fourth-order valence-electron chi connectivity index (χ4n) is 1.86. The molecule has 0 aliphatic carbocycles. The summed E-state index contributed by atoms with van der Waals surface area (Å²) in [6.45, 7) is 1.68. The summed E-state index contributed by atoms with van der Waals surface area (Å²) in [5.74, 6) is 0.126. The summed E-state index contributed by atoms with van der Waals surface area (Å²) in [4.78, 5) is 4.08. The Hall–Kier alpha value is -2.40. The number of nitrogens with one attached hydrogen (secondary N) is 1. The fourth-order valence-corrected chi connectivity index (χ4v) is 1.86. The third-order valence-corrected chi connectivity index (χ3v) is 3.00. The zero-order valence-electron chi connectivity index (χ0n) is 11.2. The number of rotatable bonds is 6. The number of pyridine rings is 1. The van der Waals surface area contributed by atoms with Crippen molar-refractivity contribution in [1.82, 2.24) is 10.3 Å². The first-order valence-corrected chi connectivity index (χ1v) is 6.46. The Labute approximate surface area is 118 Å². The highest BCUT2D eigenvalue weighted by Gasteiger charge is 1.99. The van der Waals surface area contributed by atoms with Gasteiger partial charge in [0.2, 0.25) is 0 Å². The second-order valence-electron chi connectivity index (χ2n) is 4.47. The highest BCUT2D eigenvalue weighted by molar-refractivity contribution is 5.96. The van der Waals surface area contributed by atoms with Crippen molar-refractivity contribution in [2.45, 2.75) is 13.0 Å². The Kier molecular flexibility index (Phi) is 5.08. The molecule has 1 heterocycles. The first-order valence-electron chi connectivity index (χ1n) is 6.46. The van der Waals surface area contributed by atoms with Gasteiger partial charge in [-0.05, 0) is 30.2 Å². The number of hydrogen-bond acceptors (Lipinski definition) is 4. The van der Waals surface area contributed by atoms with Gasteiger partial charge >= 0.3 is 0 Å². The van der Waals surface area contributed by atoms with Crippen molar-refractivity contribution in [2.24, 2.45) is 10.9 Å². The molecule has 2 aromatic rings. The maximum atomic E-state index is 8.58. The van der Waals surface area contributed by atoms with Gasteiger partial charge < -0.3 is 16.3 Å². The lowest BCUT2D eigenvalue weighted by Crippen LogP contribution is -2.17. The molecule has 20 heavy (non-hydrogen) atoms. The molecule has 0 saturated carbocycles. The second-order valence-corrected chi connectivity index (χ2v) is 4.47. The Morgan fingerprint density at radius 2 is 2.00 bits per heavy atom. The zero-order valence-corrected chi connectivity index (χ0v) is 11.2. The quantitative estimate of drug-likeness (QED) is 0.244. The number of amidine groups is 1. The number of nitrogens with two attached hydrogens (primary N) is 1. The lowest BCUT2D eigenvalue weighted by molar-refractivity contribution is 0.318. The summed E-state index contributed by atoms with van der Waals surface area (Å²) in [7, 11) is 0. The van der Waals surface area contributed by atoms with E-state index < -0.39 is 0 Å². The normalized spacial score (nSPS) is 11.5. The maximum absolute atomic E-state index is 8.58. The average molecular weight is 270 g/mol.